The molecule has 0 heterocycles. The van der Waals surface area contributed by atoms with E-state index in [0.29, 0.717) is 23.6 Å². The largest absolute Gasteiger partial charge is 0.493 e. The molecule has 1 aromatic rings. The Labute approximate surface area is 119 Å². The van der Waals surface area contributed by atoms with E-state index in [2.05, 4.69) is 12.2 Å². The number of aliphatic carboxylic acids is 1. The smallest absolute Gasteiger partial charge is 0.325 e. The zero-order valence-electron chi connectivity index (χ0n) is 12.3. The van der Waals surface area contributed by atoms with E-state index in [0.717, 1.165) is 19.3 Å². The van der Waals surface area contributed by atoms with Crippen LogP contribution in [0.15, 0.2) is 18.2 Å². The highest BCUT2D eigenvalue weighted by molar-refractivity contribution is 5.76. The van der Waals surface area contributed by atoms with Crippen LogP contribution in [-0.4, -0.2) is 31.8 Å². The summed E-state index contributed by atoms with van der Waals surface area (Å²) in [5.41, 5.74) is 0.659. The third kappa shape index (κ3) is 4.42. The molecule has 2 N–H and O–H groups in total. The average Bonchev–Trinajstić information content (AvgIpc) is 2.46. The molecular weight excluding hydrogens is 258 g/mol. The van der Waals surface area contributed by atoms with Crippen LogP contribution >= 0.6 is 0 Å². The molecule has 1 unspecified atom stereocenters. The van der Waals surface area contributed by atoms with Crippen LogP contribution in [0.5, 0.6) is 11.5 Å². The van der Waals surface area contributed by atoms with Crippen LogP contribution in [0, 0.1) is 0 Å². The standard InChI is InChI=1S/C15H23NO4/c1-4-5-6-9-16-14(15(17)18)11-7-8-12(19-2)13(10-11)20-3/h7-8,10,14,16H,4-6,9H2,1-3H3,(H,17,18). The summed E-state index contributed by atoms with van der Waals surface area (Å²) in [4.78, 5) is 11.4. The molecule has 0 saturated heterocycles. The summed E-state index contributed by atoms with van der Waals surface area (Å²) >= 11 is 0. The summed E-state index contributed by atoms with van der Waals surface area (Å²) in [6, 6.07) is 4.43. The first kappa shape index (κ1) is 16.3. The van der Waals surface area contributed by atoms with Crippen LogP contribution in [-0.2, 0) is 4.79 Å². The highest BCUT2D eigenvalue weighted by Gasteiger charge is 2.20. The molecule has 0 fully saturated rings. The summed E-state index contributed by atoms with van der Waals surface area (Å²) in [7, 11) is 3.08. The van der Waals surface area contributed by atoms with Gasteiger partial charge in [0.15, 0.2) is 11.5 Å². The maximum absolute atomic E-state index is 11.4. The van der Waals surface area contributed by atoms with E-state index >= 15 is 0 Å². The van der Waals surface area contributed by atoms with Gasteiger partial charge in [-0.1, -0.05) is 25.8 Å². The van der Waals surface area contributed by atoms with Gasteiger partial charge < -0.3 is 19.9 Å². The van der Waals surface area contributed by atoms with Gasteiger partial charge in [-0.15, -0.1) is 0 Å². The van der Waals surface area contributed by atoms with Crippen molar-refractivity contribution >= 4 is 5.97 Å². The van der Waals surface area contributed by atoms with Crippen molar-refractivity contribution < 1.29 is 19.4 Å². The minimum atomic E-state index is -0.895. The van der Waals surface area contributed by atoms with Crippen molar-refractivity contribution in [3.8, 4) is 11.5 Å². The molecule has 1 aromatic carbocycles. The first-order chi connectivity index (χ1) is 9.63. The molecule has 112 valence electrons. The Kier molecular flexibility index (Phi) is 6.87. The molecule has 0 radical (unpaired) electrons. The van der Waals surface area contributed by atoms with Crippen molar-refractivity contribution in [2.24, 2.45) is 0 Å². The fourth-order valence-corrected chi connectivity index (χ4v) is 2.00. The summed E-state index contributed by atoms with van der Waals surface area (Å²) in [5.74, 6) is 0.228. The lowest BCUT2D eigenvalue weighted by molar-refractivity contribution is -0.139. The second kappa shape index (κ2) is 8.43. The maximum atomic E-state index is 11.4. The SMILES string of the molecule is CCCCCNC(C(=O)O)c1ccc(OC)c(OC)c1. The minimum absolute atomic E-state index is 0.534. The monoisotopic (exact) mass is 281 g/mol. The summed E-state index contributed by atoms with van der Waals surface area (Å²) < 4.78 is 10.4. The Morgan fingerprint density at radius 2 is 1.95 bits per heavy atom. The van der Waals surface area contributed by atoms with Crippen LogP contribution in [0.3, 0.4) is 0 Å². The van der Waals surface area contributed by atoms with Crippen molar-refractivity contribution in [3.63, 3.8) is 0 Å². The van der Waals surface area contributed by atoms with E-state index in [-0.39, 0.29) is 0 Å². The van der Waals surface area contributed by atoms with Gasteiger partial charge in [0.2, 0.25) is 0 Å². The molecular formula is C15H23NO4. The molecule has 20 heavy (non-hydrogen) atoms. The summed E-state index contributed by atoms with van der Waals surface area (Å²) in [5, 5.41) is 12.4. The van der Waals surface area contributed by atoms with Crippen molar-refractivity contribution in [3.05, 3.63) is 23.8 Å². The Morgan fingerprint density at radius 3 is 2.50 bits per heavy atom. The quantitative estimate of drug-likeness (QED) is 0.681. The second-order valence-corrected chi connectivity index (χ2v) is 4.55. The lowest BCUT2D eigenvalue weighted by Gasteiger charge is -2.16. The third-order valence-electron chi connectivity index (χ3n) is 3.12. The molecule has 0 aliphatic heterocycles. The van der Waals surface area contributed by atoms with Crippen LogP contribution < -0.4 is 14.8 Å². The van der Waals surface area contributed by atoms with Crippen molar-refractivity contribution in [1.29, 1.82) is 0 Å². The molecule has 0 aromatic heterocycles. The van der Waals surface area contributed by atoms with Crippen LogP contribution in [0.2, 0.25) is 0 Å². The zero-order chi connectivity index (χ0) is 15.0. The van der Waals surface area contributed by atoms with Gasteiger partial charge in [0.05, 0.1) is 14.2 Å². The van der Waals surface area contributed by atoms with Crippen LogP contribution in [0.1, 0.15) is 37.8 Å². The van der Waals surface area contributed by atoms with E-state index in [1.54, 1.807) is 25.3 Å². The Bertz CT molecular complexity index is 434. The molecule has 0 aliphatic carbocycles. The number of nitrogens with one attached hydrogen (secondary N) is 1. The van der Waals surface area contributed by atoms with E-state index < -0.39 is 12.0 Å². The molecule has 5 heteroatoms. The highest BCUT2D eigenvalue weighted by atomic mass is 16.5. The predicted molar refractivity (Wildman–Crippen MR) is 77.5 cm³/mol. The number of carboxylic acids is 1. The van der Waals surface area contributed by atoms with E-state index in [1.165, 1.54) is 7.11 Å². The van der Waals surface area contributed by atoms with Gasteiger partial charge in [0, 0.05) is 0 Å². The van der Waals surface area contributed by atoms with Crippen molar-refractivity contribution in [2.75, 3.05) is 20.8 Å². The number of rotatable bonds is 9. The first-order valence-corrected chi connectivity index (χ1v) is 6.82. The molecule has 0 bridgehead atoms. The lowest BCUT2D eigenvalue weighted by Crippen LogP contribution is -2.29. The van der Waals surface area contributed by atoms with Gasteiger partial charge in [0.1, 0.15) is 6.04 Å². The van der Waals surface area contributed by atoms with Gasteiger partial charge in [-0.05, 0) is 30.7 Å². The number of carbonyl (C=O) groups is 1. The number of carboxylic acid groups (broad SMARTS) is 1. The van der Waals surface area contributed by atoms with Gasteiger partial charge in [-0.25, -0.2) is 0 Å². The fraction of sp³-hybridized carbons (Fsp3) is 0.533. The first-order valence-electron chi connectivity index (χ1n) is 6.82. The molecule has 1 rings (SSSR count). The van der Waals surface area contributed by atoms with Crippen LogP contribution in [0.4, 0.5) is 0 Å². The third-order valence-corrected chi connectivity index (χ3v) is 3.12. The molecule has 0 spiro atoms. The number of benzene rings is 1. The molecule has 5 nitrogen and oxygen atoms in total. The van der Waals surface area contributed by atoms with Gasteiger partial charge >= 0.3 is 5.97 Å². The molecule has 0 aliphatic rings. The Hall–Kier alpha value is -1.75. The number of hydrogen-bond acceptors (Lipinski definition) is 4. The van der Waals surface area contributed by atoms with Crippen molar-refractivity contribution in [2.45, 2.75) is 32.2 Å². The number of hydrogen-bond donors (Lipinski definition) is 2. The predicted octanol–water partition coefficient (Wildman–Crippen LogP) is 2.61. The van der Waals surface area contributed by atoms with Crippen molar-refractivity contribution in [1.82, 2.24) is 5.32 Å². The maximum Gasteiger partial charge on any atom is 0.325 e. The lowest BCUT2D eigenvalue weighted by atomic mass is 10.1. The minimum Gasteiger partial charge on any atom is -0.493 e. The molecule has 0 amide bonds. The highest BCUT2D eigenvalue weighted by Crippen LogP contribution is 2.30. The van der Waals surface area contributed by atoms with E-state index in [9.17, 15) is 9.90 Å². The van der Waals surface area contributed by atoms with E-state index in [4.69, 9.17) is 9.47 Å². The summed E-state index contributed by atoms with van der Waals surface area (Å²) in [6.07, 6.45) is 3.16. The normalized spacial score (nSPS) is 11.9. The zero-order valence-corrected chi connectivity index (χ0v) is 12.3. The molecule has 1 atom stereocenters. The Balaban J connectivity index is 2.83. The number of ether oxygens (including phenoxy) is 2. The average molecular weight is 281 g/mol. The van der Waals surface area contributed by atoms with E-state index in [1.807, 2.05) is 0 Å². The topological polar surface area (TPSA) is 67.8 Å². The Morgan fingerprint density at radius 1 is 1.25 bits per heavy atom. The molecule has 0 saturated carbocycles. The fourth-order valence-electron chi connectivity index (χ4n) is 2.00. The number of methoxy groups -OCH3 is 2. The second-order valence-electron chi connectivity index (χ2n) is 4.55. The van der Waals surface area contributed by atoms with Gasteiger partial charge in [0.25, 0.3) is 0 Å². The summed E-state index contributed by atoms with van der Waals surface area (Å²) in [6.45, 7) is 2.79. The number of unbranched alkanes of at least 4 members (excludes halogenated alkanes) is 2. The van der Waals surface area contributed by atoms with Gasteiger partial charge in [-0.3, -0.25) is 4.79 Å². The van der Waals surface area contributed by atoms with Crippen LogP contribution in [0.25, 0.3) is 0 Å². The van der Waals surface area contributed by atoms with Gasteiger partial charge in [-0.2, -0.15) is 0 Å².